The first kappa shape index (κ1) is 14.3. The Morgan fingerprint density at radius 1 is 1.53 bits per heavy atom. The van der Waals surface area contributed by atoms with E-state index >= 15 is 0 Å². The van der Waals surface area contributed by atoms with Crippen molar-refractivity contribution < 1.29 is 4.74 Å². The van der Waals surface area contributed by atoms with E-state index in [1.165, 1.54) is 5.56 Å². The third kappa shape index (κ3) is 4.52. The molecule has 0 heterocycles. The number of nitrogens with one attached hydrogen (secondary N) is 1. The summed E-state index contributed by atoms with van der Waals surface area (Å²) in [6.45, 7) is 9.72. The molecule has 0 saturated heterocycles. The Morgan fingerprint density at radius 2 is 2.29 bits per heavy atom. The second kappa shape index (κ2) is 7.51. The Labute approximate surface area is 112 Å². The smallest absolute Gasteiger partial charge is 0.138 e. The minimum absolute atomic E-state index is 0.0126. The fraction of sp³-hybridized carbons (Fsp3) is 0.429. The van der Waals surface area contributed by atoms with Gasteiger partial charge in [-0.05, 0) is 41.9 Å². The van der Waals surface area contributed by atoms with Gasteiger partial charge in [-0.1, -0.05) is 31.7 Å². The summed E-state index contributed by atoms with van der Waals surface area (Å²) in [6, 6.07) is 6.10. The minimum atomic E-state index is 0.0126. The van der Waals surface area contributed by atoms with Gasteiger partial charge in [0.2, 0.25) is 0 Å². The molecule has 1 aromatic carbocycles. The molecule has 0 aliphatic carbocycles. The summed E-state index contributed by atoms with van der Waals surface area (Å²) in [6.07, 6.45) is 2.94. The Morgan fingerprint density at radius 3 is 2.94 bits per heavy atom. The standard InChI is InChI=1S/C14H20BrNO/c1-4-9-16-10-12-7-6-8-13(15)14(12)17-11(3)5-2/h5-8,11,16H,2,4,9-10H2,1,3H3. The van der Waals surface area contributed by atoms with E-state index in [0.29, 0.717) is 0 Å². The van der Waals surface area contributed by atoms with E-state index in [-0.39, 0.29) is 6.10 Å². The van der Waals surface area contributed by atoms with Gasteiger partial charge >= 0.3 is 0 Å². The molecule has 1 rings (SSSR count). The molecule has 0 radical (unpaired) electrons. The summed E-state index contributed by atoms with van der Waals surface area (Å²) in [4.78, 5) is 0. The Kier molecular flexibility index (Phi) is 6.30. The van der Waals surface area contributed by atoms with E-state index < -0.39 is 0 Å². The van der Waals surface area contributed by atoms with Crippen LogP contribution in [-0.2, 0) is 6.54 Å². The molecule has 1 N–H and O–H groups in total. The molecular formula is C14H20BrNO. The zero-order valence-corrected chi connectivity index (χ0v) is 12.1. The number of para-hydroxylation sites is 1. The van der Waals surface area contributed by atoms with Crippen molar-refractivity contribution in [2.24, 2.45) is 0 Å². The molecule has 0 aliphatic rings. The second-order valence-corrected chi connectivity index (χ2v) is 4.82. The lowest BCUT2D eigenvalue weighted by atomic mass is 10.2. The van der Waals surface area contributed by atoms with Gasteiger partial charge in [-0.2, -0.15) is 0 Å². The minimum Gasteiger partial charge on any atom is -0.485 e. The highest BCUT2D eigenvalue weighted by Crippen LogP contribution is 2.30. The van der Waals surface area contributed by atoms with E-state index in [2.05, 4.69) is 40.8 Å². The molecular weight excluding hydrogens is 278 g/mol. The van der Waals surface area contributed by atoms with Gasteiger partial charge in [0.25, 0.3) is 0 Å². The predicted molar refractivity (Wildman–Crippen MR) is 76.4 cm³/mol. The molecule has 1 atom stereocenters. The van der Waals surface area contributed by atoms with E-state index in [1.54, 1.807) is 6.08 Å². The molecule has 0 amide bonds. The highest BCUT2D eigenvalue weighted by Gasteiger charge is 2.09. The Hall–Kier alpha value is -0.800. The number of rotatable bonds is 7. The summed E-state index contributed by atoms with van der Waals surface area (Å²) in [5.74, 6) is 0.906. The van der Waals surface area contributed by atoms with Crippen LogP contribution in [0.1, 0.15) is 25.8 Å². The van der Waals surface area contributed by atoms with Gasteiger partial charge in [0.1, 0.15) is 11.9 Å². The molecule has 17 heavy (non-hydrogen) atoms. The van der Waals surface area contributed by atoms with Crippen LogP contribution in [0.4, 0.5) is 0 Å². The maximum atomic E-state index is 5.85. The zero-order chi connectivity index (χ0) is 12.7. The molecule has 0 saturated carbocycles. The van der Waals surface area contributed by atoms with E-state index in [1.807, 2.05) is 19.1 Å². The highest BCUT2D eigenvalue weighted by molar-refractivity contribution is 9.10. The van der Waals surface area contributed by atoms with Crippen LogP contribution in [0.25, 0.3) is 0 Å². The van der Waals surface area contributed by atoms with Crippen LogP contribution < -0.4 is 10.1 Å². The van der Waals surface area contributed by atoms with Crippen LogP contribution in [0, 0.1) is 0 Å². The maximum absolute atomic E-state index is 5.85. The molecule has 2 nitrogen and oxygen atoms in total. The van der Waals surface area contributed by atoms with Gasteiger partial charge < -0.3 is 10.1 Å². The lowest BCUT2D eigenvalue weighted by molar-refractivity contribution is 0.265. The van der Waals surface area contributed by atoms with Crippen LogP contribution in [0.2, 0.25) is 0 Å². The van der Waals surface area contributed by atoms with Crippen molar-refractivity contribution in [1.82, 2.24) is 5.32 Å². The average Bonchev–Trinajstić information content (AvgIpc) is 2.33. The van der Waals surface area contributed by atoms with E-state index in [0.717, 1.165) is 29.7 Å². The second-order valence-electron chi connectivity index (χ2n) is 3.96. The predicted octanol–water partition coefficient (Wildman–Crippen LogP) is 3.90. The van der Waals surface area contributed by atoms with Crippen molar-refractivity contribution in [1.29, 1.82) is 0 Å². The Bertz CT molecular complexity index is 365. The molecule has 1 aromatic rings. The van der Waals surface area contributed by atoms with Crippen molar-refractivity contribution in [2.45, 2.75) is 32.9 Å². The van der Waals surface area contributed by atoms with Gasteiger partial charge in [0.15, 0.2) is 0 Å². The molecule has 0 fully saturated rings. The summed E-state index contributed by atoms with van der Waals surface area (Å²) in [5, 5.41) is 3.38. The summed E-state index contributed by atoms with van der Waals surface area (Å²) < 4.78 is 6.84. The van der Waals surface area contributed by atoms with Crippen LogP contribution in [0.15, 0.2) is 35.3 Å². The third-order valence-corrected chi connectivity index (χ3v) is 3.05. The average molecular weight is 298 g/mol. The molecule has 0 spiro atoms. The number of hydrogen-bond acceptors (Lipinski definition) is 2. The number of halogens is 1. The monoisotopic (exact) mass is 297 g/mol. The normalized spacial score (nSPS) is 12.2. The fourth-order valence-corrected chi connectivity index (χ4v) is 1.96. The highest BCUT2D eigenvalue weighted by atomic mass is 79.9. The largest absolute Gasteiger partial charge is 0.485 e. The number of ether oxygens (including phenoxy) is 1. The molecule has 0 aromatic heterocycles. The molecule has 0 aliphatic heterocycles. The number of hydrogen-bond donors (Lipinski definition) is 1. The van der Waals surface area contributed by atoms with Crippen molar-refractivity contribution in [3.05, 3.63) is 40.9 Å². The lowest BCUT2D eigenvalue weighted by Crippen LogP contribution is -2.16. The SMILES string of the molecule is C=CC(C)Oc1c(Br)cccc1CNCCC. The molecule has 94 valence electrons. The zero-order valence-electron chi connectivity index (χ0n) is 10.5. The van der Waals surface area contributed by atoms with Crippen molar-refractivity contribution in [3.63, 3.8) is 0 Å². The first-order valence-corrected chi connectivity index (χ1v) is 6.75. The first-order valence-electron chi connectivity index (χ1n) is 5.96. The Balaban J connectivity index is 2.80. The maximum Gasteiger partial charge on any atom is 0.138 e. The fourth-order valence-electron chi connectivity index (χ4n) is 1.46. The van der Waals surface area contributed by atoms with Crippen LogP contribution in [0.5, 0.6) is 5.75 Å². The van der Waals surface area contributed by atoms with Gasteiger partial charge in [-0.15, -0.1) is 0 Å². The summed E-state index contributed by atoms with van der Waals surface area (Å²) in [7, 11) is 0. The van der Waals surface area contributed by atoms with Crippen LogP contribution in [0.3, 0.4) is 0 Å². The van der Waals surface area contributed by atoms with Gasteiger partial charge in [0.05, 0.1) is 4.47 Å². The van der Waals surface area contributed by atoms with Gasteiger partial charge in [-0.25, -0.2) is 0 Å². The van der Waals surface area contributed by atoms with Crippen molar-refractivity contribution >= 4 is 15.9 Å². The molecule has 1 unspecified atom stereocenters. The van der Waals surface area contributed by atoms with Crippen LogP contribution >= 0.6 is 15.9 Å². The van der Waals surface area contributed by atoms with Gasteiger partial charge in [0, 0.05) is 12.1 Å². The summed E-state index contributed by atoms with van der Waals surface area (Å²) in [5.41, 5.74) is 1.17. The molecule has 0 bridgehead atoms. The number of benzene rings is 1. The van der Waals surface area contributed by atoms with Crippen molar-refractivity contribution in [3.8, 4) is 5.75 Å². The third-order valence-electron chi connectivity index (χ3n) is 2.43. The van der Waals surface area contributed by atoms with E-state index in [4.69, 9.17) is 4.74 Å². The van der Waals surface area contributed by atoms with Gasteiger partial charge in [-0.3, -0.25) is 0 Å². The lowest BCUT2D eigenvalue weighted by Gasteiger charge is -2.16. The summed E-state index contributed by atoms with van der Waals surface area (Å²) >= 11 is 3.53. The van der Waals surface area contributed by atoms with Crippen LogP contribution in [-0.4, -0.2) is 12.6 Å². The molecule has 3 heteroatoms. The topological polar surface area (TPSA) is 21.3 Å². The van der Waals surface area contributed by atoms with E-state index in [9.17, 15) is 0 Å². The van der Waals surface area contributed by atoms with Crippen molar-refractivity contribution in [2.75, 3.05) is 6.54 Å². The first-order chi connectivity index (χ1) is 8.19. The quantitative estimate of drug-likeness (QED) is 0.609.